The smallest absolute Gasteiger partial charge is 0.0281 e. The molecule has 0 aromatic heterocycles. The first kappa shape index (κ1) is 10.1. The number of hydrogen-bond acceptors (Lipinski definition) is 1. The molecule has 3 aliphatic rings. The second-order valence-corrected chi connectivity index (χ2v) is 6.21. The highest BCUT2D eigenvalue weighted by Crippen LogP contribution is 2.56. The van der Waals surface area contributed by atoms with Crippen molar-refractivity contribution >= 4 is 0 Å². The molecule has 1 N–H and O–H groups in total. The summed E-state index contributed by atoms with van der Waals surface area (Å²) in [5, 5.41) is 3.91. The van der Waals surface area contributed by atoms with E-state index in [0.29, 0.717) is 11.0 Å². The van der Waals surface area contributed by atoms with Gasteiger partial charge >= 0.3 is 0 Å². The number of benzene rings is 1. The highest BCUT2D eigenvalue weighted by atomic mass is 15.1. The van der Waals surface area contributed by atoms with Crippen LogP contribution in [0.4, 0.5) is 0 Å². The van der Waals surface area contributed by atoms with E-state index in [9.17, 15) is 0 Å². The standard InChI is InChI=1S/C16H21N/c1-2-6-14-13(5-1)7-10-16-9-4-3-8-15(14,16)11-12-17-16/h1-2,5-6,17H,3-4,7-12H2. The Morgan fingerprint density at radius 3 is 2.82 bits per heavy atom. The Morgan fingerprint density at radius 1 is 0.941 bits per heavy atom. The highest BCUT2D eigenvalue weighted by molar-refractivity contribution is 5.43. The summed E-state index contributed by atoms with van der Waals surface area (Å²) in [4.78, 5) is 0. The van der Waals surface area contributed by atoms with Crippen molar-refractivity contribution in [2.24, 2.45) is 0 Å². The van der Waals surface area contributed by atoms with E-state index < -0.39 is 0 Å². The molecule has 0 bridgehead atoms. The van der Waals surface area contributed by atoms with Crippen LogP contribution in [-0.2, 0) is 11.8 Å². The van der Waals surface area contributed by atoms with Crippen LogP contribution in [0.2, 0.25) is 0 Å². The van der Waals surface area contributed by atoms with Gasteiger partial charge in [-0.25, -0.2) is 0 Å². The lowest BCUT2D eigenvalue weighted by atomic mass is 9.53. The Morgan fingerprint density at radius 2 is 1.82 bits per heavy atom. The van der Waals surface area contributed by atoms with Crippen molar-refractivity contribution in [2.45, 2.75) is 55.9 Å². The molecular weight excluding hydrogens is 206 g/mol. The molecule has 0 spiro atoms. The largest absolute Gasteiger partial charge is 0.310 e. The van der Waals surface area contributed by atoms with Crippen molar-refractivity contribution in [1.82, 2.24) is 5.32 Å². The summed E-state index contributed by atoms with van der Waals surface area (Å²) in [5.41, 5.74) is 4.27. The molecule has 1 heteroatoms. The first-order chi connectivity index (χ1) is 8.36. The third-order valence-electron chi connectivity index (χ3n) is 5.74. The SMILES string of the molecule is c1ccc2c(c1)CCC13CCCCC21CCN3. The zero-order valence-corrected chi connectivity index (χ0v) is 10.5. The van der Waals surface area contributed by atoms with Crippen molar-refractivity contribution in [1.29, 1.82) is 0 Å². The molecule has 4 rings (SSSR count). The summed E-state index contributed by atoms with van der Waals surface area (Å²) in [6.07, 6.45) is 9.69. The Kier molecular flexibility index (Phi) is 2.00. The van der Waals surface area contributed by atoms with Crippen molar-refractivity contribution < 1.29 is 0 Å². The lowest BCUT2D eigenvalue weighted by Gasteiger charge is -2.53. The molecule has 2 fully saturated rings. The van der Waals surface area contributed by atoms with Gasteiger partial charge in [0, 0.05) is 11.0 Å². The maximum absolute atomic E-state index is 3.91. The van der Waals surface area contributed by atoms with Gasteiger partial charge in [0.1, 0.15) is 0 Å². The zero-order chi connectivity index (χ0) is 11.3. The van der Waals surface area contributed by atoms with Gasteiger partial charge in [0.2, 0.25) is 0 Å². The van der Waals surface area contributed by atoms with E-state index in [0.717, 1.165) is 0 Å². The second-order valence-electron chi connectivity index (χ2n) is 6.21. The molecule has 0 radical (unpaired) electrons. The number of aryl methyl sites for hydroxylation is 1. The number of nitrogens with one attached hydrogen (secondary N) is 1. The van der Waals surface area contributed by atoms with Gasteiger partial charge in [-0.1, -0.05) is 37.1 Å². The molecule has 1 aliphatic heterocycles. The fourth-order valence-electron chi connectivity index (χ4n) is 5.00. The highest BCUT2D eigenvalue weighted by Gasteiger charge is 2.58. The maximum atomic E-state index is 3.91. The van der Waals surface area contributed by atoms with E-state index >= 15 is 0 Å². The second kappa shape index (κ2) is 3.35. The van der Waals surface area contributed by atoms with Crippen LogP contribution in [0.5, 0.6) is 0 Å². The molecule has 2 aliphatic carbocycles. The summed E-state index contributed by atoms with van der Waals surface area (Å²) in [5.74, 6) is 0. The van der Waals surface area contributed by atoms with E-state index in [2.05, 4.69) is 29.6 Å². The van der Waals surface area contributed by atoms with Gasteiger partial charge in [0.05, 0.1) is 0 Å². The Balaban J connectivity index is 1.94. The third-order valence-corrected chi connectivity index (χ3v) is 5.74. The average molecular weight is 227 g/mol. The zero-order valence-electron chi connectivity index (χ0n) is 10.5. The molecule has 0 amide bonds. The van der Waals surface area contributed by atoms with Crippen LogP contribution in [0.15, 0.2) is 24.3 Å². The van der Waals surface area contributed by atoms with Crippen molar-refractivity contribution in [3.05, 3.63) is 35.4 Å². The average Bonchev–Trinajstić information content (AvgIpc) is 2.79. The monoisotopic (exact) mass is 227 g/mol. The minimum absolute atomic E-state index is 0.458. The van der Waals surface area contributed by atoms with Crippen molar-refractivity contribution in [3.8, 4) is 0 Å². The minimum atomic E-state index is 0.458. The first-order valence-electron chi connectivity index (χ1n) is 7.20. The van der Waals surface area contributed by atoms with Crippen molar-refractivity contribution in [2.75, 3.05) is 6.54 Å². The molecule has 1 saturated carbocycles. The van der Waals surface area contributed by atoms with E-state index in [-0.39, 0.29) is 0 Å². The minimum Gasteiger partial charge on any atom is -0.310 e. The molecule has 2 unspecified atom stereocenters. The third kappa shape index (κ3) is 1.14. The summed E-state index contributed by atoms with van der Waals surface area (Å²) >= 11 is 0. The molecule has 1 saturated heterocycles. The quantitative estimate of drug-likeness (QED) is 0.718. The van der Waals surface area contributed by atoms with Crippen LogP contribution in [0.3, 0.4) is 0 Å². The lowest BCUT2D eigenvalue weighted by Crippen LogP contribution is -2.58. The van der Waals surface area contributed by atoms with Crippen LogP contribution in [0.25, 0.3) is 0 Å². The molecule has 1 aromatic carbocycles. The molecule has 1 nitrogen and oxygen atoms in total. The van der Waals surface area contributed by atoms with Crippen LogP contribution in [-0.4, -0.2) is 12.1 Å². The lowest BCUT2D eigenvalue weighted by molar-refractivity contribution is 0.129. The first-order valence-corrected chi connectivity index (χ1v) is 7.20. The normalized spacial score (nSPS) is 39.3. The fraction of sp³-hybridized carbons (Fsp3) is 0.625. The predicted octanol–water partition coefficient (Wildman–Crippen LogP) is 3.18. The molecule has 2 atom stereocenters. The Labute approximate surface area is 104 Å². The Hall–Kier alpha value is -0.820. The number of hydrogen-bond donors (Lipinski definition) is 1. The van der Waals surface area contributed by atoms with Gasteiger partial charge in [-0.2, -0.15) is 0 Å². The molecule has 90 valence electrons. The molecule has 1 heterocycles. The Bertz CT molecular complexity index is 453. The summed E-state index contributed by atoms with van der Waals surface area (Å²) in [7, 11) is 0. The fourth-order valence-corrected chi connectivity index (χ4v) is 5.00. The number of rotatable bonds is 0. The van der Waals surface area contributed by atoms with Crippen molar-refractivity contribution in [3.63, 3.8) is 0 Å². The molecule has 1 aromatic rings. The van der Waals surface area contributed by atoms with Crippen LogP contribution >= 0.6 is 0 Å². The topological polar surface area (TPSA) is 12.0 Å². The van der Waals surface area contributed by atoms with Gasteiger partial charge < -0.3 is 5.32 Å². The van der Waals surface area contributed by atoms with Crippen LogP contribution < -0.4 is 5.32 Å². The maximum Gasteiger partial charge on any atom is 0.0281 e. The van der Waals surface area contributed by atoms with Gasteiger partial charge in [-0.05, 0) is 49.8 Å². The summed E-state index contributed by atoms with van der Waals surface area (Å²) in [6.45, 7) is 1.23. The summed E-state index contributed by atoms with van der Waals surface area (Å²) in [6, 6.07) is 9.24. The molecule has 17 heavy (non-hydrogen) atoms. The van der Waals surface area contributed by atoms with Gasteiger partial charge in [0.15, 0.2) is 0 Å². The van der Waals surface area contributed by atoms with E-state index in [4.69, 9.17) is 0 Å². The number of fused-ring (bicyclic) bond motifs is 1. The van der Waals surface area contributed by atoms with E-state index in [1.807, 2.05) is 0 Å². The van der Waals surface area contributed by atoms with Crippen LogP contribution in [0, 0.1) is 0 Å². The van der Waals surface area contributed by atoms with Gasteiger partial charge in [0.25, 0.3) is 0 Å². The van der Waals surface area contributed by atoms with Gasteiger partial charge in [-0.3, -0.25) is 0 Å². The predicted molar refractivity (Wildman–Crippen MR) is 70.3 cm³/mol. The van der Waals surface area contributed by atoms with Gasteiger partial charge in [-0.15, -0.1) is 0 Å². The summed E-state index contributed by atoms with van der Waals surface area (Å²) < 4.78 is 0. The van der Waals surface area contributed by atoms with E-state index in [1.54, 1.807) is 11.1 Å². The molecular formula is C16H21N. The van der Waals surface area contributed by atoms with E-state index in [1.165, 1.54) is 51.5 Å². The van der Waals surface area contributed by atoms with Crippen LogP contribution in [0.1, 0.15) is 49.7 Å².